The predicted octanol–water partition coefficient (Wildman–Crippen LogP) is 1.82. The van der Waals surface area contributed by atoms with Gasteiger partial charge in [0, 0.05) is 26.3 Å². The first-order valence-electron chi connectivity index (χ1n) is 6.70. The molecular weight excluding hydrogens is 264 g/mol. The number of aromatic nitrogens is 1. The van der Waals surface area contributed by atoms with E-state index in [0.717, 1.165) is 42.0 Å². The lowest BCUT2D eigenvalue weighted by atomic mass is 10.4. The maximum absolute atomic E-state index is 9.24. The van der Waals surface area contributed by atoms with Gasteiger partial charge in [-0.15, -0.1) is 0 Å². The van der Waals surface area contributed by atoms with Gasteiger partial charge in [-0.1, -0.05) is 11.3 Å². The summed E-state index contributed by atoms with van der Waals surface area (Å²) in [6.07, 6.45) is 0. The zero-order chi connectivity index (χ0) is 14.1. The van der Waals surface area contributed by atoms with Crippen molar-refractivity contribution < 1.29 is 14.6 Å². The lowest BCUT2D eigenvalue weighted by Gasteiger charge is -2.21. The average molecular weight is 288 g/mol. The molecule has 110 valence electrons. The van der Waals surface area contributed by atoms with Gasteiger partial charge in [0.25, 0.3) is 0 Å². The normalized spacial score (nSPS) is 10.9. The van der Waals surface area contributed by atoms with E-state index >= 15 is 0 Å². The van der Waals surface area contributed by atoms with Gasteiger partial charge in [-0.25, -0.2) is 4.98 Å². The molecule has 0 aromatic carbocycles. The monoisotopic (exact) mass is 288 g/mol. The van der Waals surface area contributed by atoms with Crippen LogP contribution in [0.1, 0.15) is 24.4 Å². The molecule has 0 aliphatic carbocycles. The van der Waals surface area contributed by atoms with E-state index in [1.54, 1.807) is 0 Å². The highest BCUT2D eigenvalue weighted by molar-refractivity contribution is 7.15. The number of aliphatic hydroxyl groups is 1. The molecule has 0 fully saturated rings. The molecule has 0 amide bonds. The number of aliphatic hydroxyl groups excluding tert-OH is 1. The van der Waals surface area contributed by atoms with Gasteiger partial charge >= 0.3 is 0 Å². The van der Waals surface area contributed by atoms with E-state index in [1.807, 2.05) is 20.8 Å². The third-order valence-electron chi connectivity index (χ3n) is 2.71. The Hall–Kier alpha value is -0.690. The molecule has 6 heteroatoms. The smallest absolute Gasteiger partial charge is 0.186 e. The number of aryl methyl sites for hydroxylation is 1. The first-order valence-corrected chi connectivity index (χ1v) is 7.52. The number of rotatable bonds is 10. The Bertz CT molecular complexity index is 348. The van der Waals surface area contributed by atoms with Gasteiger partial charge in [0.2, 0.25) is 0 Å². The summed E-state index contributed by atoms with van der Waals surface area (Å²) in [6.45, 7) is 10.3. The number of hydrogen-bond donors (Lipinski definition) is 1. The lowest BCUT2D eigenvalue weighted by Crippen LogP contribution is -2.31. The summed E-state index contributed by atoms with van der Waals surface area (Å²) in [5, 5.41) is 10.2. The van der Waals surface area contributed by atoms with Gasteiger partial charge in [0.05, 0.1) is 30.4 Å². The van der Waals surface area contributed by atoms with Crippen LogP contribution >= 0.6 is 11.3 Å². The maximum atomic E-state index is 9.24. The van der Waals surface area contributed by atoms with E-state index < -0.39 is 0 Å². The molecule has 0 saturated heterocycles. The van der Waals surface area contributed by atoms with Crippen LogP contribution in [-0.2, 0) is 16.1 Å². The van der Waals surface area contributed by atoms with Crippen molar-refractivity contribution in [3.05, 3.63) is 10.6 Å². The Morgan fingerprint density at radius 3 is 2.16 bits per heavy atom. The fourth-order valence-electron chi connectivity index (χ4n) is 1.64. The number of hydrogen-bond acceptors (Lipinski definition) is 6. The molecule has 1 heterocycles. The van der Waals surface area contributed by atoms with Crippen molar-refractivity contribution in [3.63, 3.8) is 0 Å². The summed E-state index contributed by atoms with van der Waals surface area (Å²) in [7, 11) is 0. The Labute approximate surface area is 119 Å². The lowest BCUT2D eigenvalue weighted by molar-refractivity contribution is 0.141. The number of nitrogens with zero attached hydrogens (tertiary/aromatic N) is 2. The van der Waals surface area contributed by atoms with Gasteiger partial charge in [-0.3, -0.25) is 0 Å². The van der Waals surface area contributed by atoms with Crippen molar-refractivity contribution in [1.29, 1.82) is 0 Å². The van der Waals surface area contributed by atoms with E-state index in [9.17, 15) is 5.11 Å². The van der Waals surface area contributed by atoms with Crippen molar-refractivity contribution in [3.8, 4) is 0 Å². The Morgan fingerprint density at radius 1 is 1.16 bits per heavy atom. The van der Waals surface area contributed by atoms with Gasteiger partial charge in [0.1, 0.15) is 0 Å². The quantitative estimate of drug-likeness (QED) is 0.666. The maximum Gasteiger partial charge on any atom is 0.186 e. The second-order valence-electron chi connectivity index (χ2n) is 4.04. The fraction of sp³-hybridized carbons (Fsp3) is 0.769. The Kier molecular flexibility index (Phi) is 7.97. The SMILES string of the molecule is CCOCCN(CCOCC)c1nc(C)c(CO)s1. The van der Waals surface area contributed by atoms with Crippen LogP contribution in [0.5, 0.6) is 0 Å². The highest BCUT2D eigenvalue weighted by Crippen LogP contribution is 2.25. The Morgan fingerprint density at radius 2 is 1.74 bits per heavy atom. The third-order valence-corrected chi connectivity index (χ3v) is 3.92. The van der Waals surface area contributed by atoms with Crippen molar-refractivity contribution in [2.24, 2.45) is 0 Å². The van der Waals surface area contributed by atoms with Crippen LogP contribution in [0.3, 0.4) is 0 Å². The van der Waals surface area contributed by atoms with Gasteiger partial charge in [-0.05, 0) is 20.8 Å². The van der Waals surface area contributed by atoms with Gasteiger partial charge in [0.15, 0.2) is 5.13 Å². The molecule has 0 aliphatic heterocycles. The van der Waals surface area contributed by atoms with Gasteiger partial charge < -0.3 is 19.5 Å². The average Bonchev–Trinajstić information content (AvgIpc) is 2.78. The number of ether oxygens (including phenoxy) is 2. The van der Waals surface area contributed by atoms with Crippen LogP contribution in [0.25, 0.3) is 0 Å². The molecular formula is C13H24N2O3S. The molecule has 0 saturated carbocycles. The summed E-state index contributed by atoms with van der Waals surface area (Å²) in [6, 6.07) is 0. The van der Waals surface area contributed by atoms with Crippen LogP contribution in [0.4, 0.5) is 5.13 Å². The summed E-state index contributed by atoms with van der Waals surface area (Å²) < 4.78 is 10.8. The van der Waals surface area contributed by atoms with Crippen molar-refractivity contribution in [2.45, 2.75) is 27.4 Å². The summed E-state index contributed by atoms with van der Waals surface area (Å²) in [5.41, 5.74) is 0.903. The summed E-state index contributed by atoms with van der Waals surface area (Å²) in [4.78, 5) is 7.59. The third kappa shape index (κ3) is 5.44. The molecule has 0 spiro atoms. The van der Waals surface area contributed by atoms with E-state index in [0.29, 0.717) is 13.2 Å². The summed E-state index contributed by atoms with van der Waals surface area (Å²) in [5.74, 6) is 0. The number of anilines is 1. The zero-order valence-electron chi connectivity index (χ0n) is 12.0. The topological polar surface area (TPSA) is 54.8 Å². The molecule has 1 aromatic heterocycles. The van der Waals surface area contributed by atoms with Crippen LogP contribution < -0.4 is 4.90 Å². The standard InChI is InChI=1S/C13H24N2O3S/c1-4-17-8-6-15(7-9-18-5-2)13-14-11(3)12(10-16)19-13/h16H,4-10H2,1-3H3. The van der Waals surface area contributed by atoms with E-state index in [1.165, 1.54) is 11.3 Å². The van der Waals surface area contributed by atoms with Crippen molar-refractivity contribution in [2.75, 3.05) is 44.4 Å². The molecule has 0 atom stereocenters. The molecule has 0 unspecified atom stereocenters. The molecule has 5 nitrogen and oxygen atoms in total. The van der Waals surface area contributed by atoms with Crippen LogP contribution in [0.15, 0.2) is 0 Å². The molecule has 0 bridgehead atoms. The minimum Gasteiger partial charge on any atom is -0.391 e. The van der Waals surface area contributed by atoms with Crippen molar-refractivity contribution >= 4 is 16.5 Å². The minimum atomic E-state index is 0.0499. The highest BCUT2D eigenvalue weighted by Gasteiger charge is 2.13. The fourth-order valence-corrected chi connectivity index (χ4v) is 2.61. The summed E-state index contributed by atoms with van der Waals surface area (Å²) >= 11 is 1.54. The van der Waals surface area contributed by atoms with Gasteiger partial charge in [-0.2, -0.15) is 0 Å². The zero-order valence-corrected chi connectivity index (χ0v) is 12.8. The Balaban J connectivity index is 2.63. The molecule has 19 heavy (non-hydrogen) atoms. The van der Waals surface area contributed by atoms with Crippen LogP contribution in [0, 0.1) is 6.92 Å². The van der Waals surface area contributed by atoms with E-state index in [-0.39, 0.29) is 6.61 Å². The largest absolute Gasteiger partial charge is 0.391 e. The minimum absolute atomic E-state index is 0.0499. The molecule has 1 rings (SSSR count). The second-order valence-corrected chi connectivity index (χ2v) is 5.11. The first-order chi connectivity index (χ1) is 9.22. The number of thiazole rings is 1. The van der Waals surface area contributed by atoms with Crippen molar-refractivity contribution in [1.82, 2.24) is 4.98 Å². The molecule has 1 aromatic rings. The highest BCUT2D eigenvalue weighted by atomic mass is 32.1. The molecule has 0 aliphatic rings. The molecule has 1 N–H and O–H groups in total. The molecule has 0 radical (unpaired) electrons. The van der Waals surface area contributed by atoms with Crippen LogP contribution in [0.2, 0.25) is 0 Å². The second kappa shape index (κ2) is 9.25. The first kappa shape index (κ1) is 16.4. The van der Waals surface area contributed by atoms with E-state index in [4.69, 9.17) is 9.47 Å². The van der Waals surface area contributed by atoms with E-state index in [2.05, 4.69) is 9.88 Å². The predicted molar refractivity (Wildman–Crippen MR) is 78.0 cm³/mol. The van der Waals surface area contributed by atoms with Crippen LogP contribution in [-0.4, -0.2) is 49.6 Å².